The summed E-state index contributed by atoms with van der Waals surface area (Å²) < 4.78 is 18.5. The van der Waals surface area contributed by atoms with E-state index in [-0.39, 0.29) is 0 Å². The van der Waals surface area contributed by atoms with Gasteiger partial charge in [0.1, 0.15) is 23.1 Å². The van der Waals surface area contributed by atoms with Gasteiger partial charge in [0.05, 0.1) is 26.9 Å². The summed E-state index contributed by atoms with van der Waals surface area (Å²) in [6.45, 7) is 1.93. The van der Waals surface area contributed by atoms with E-state index in [1.54, 1.807) is 21.3 Å². The van der Waals surface area contributed by atoms with Crippen molar-refractivity contribution in [3.8, 4) is 45.5 Å². The highest BCUT2D eigenvalue weighted by atomic mass is 16.5. The summed E-state index contributed by atoms with van der Waals surface area (Å²) in [6, 6.07) is 21.7. The van der Waals surface area contributed by atoms with E-state index in [0.717, 1.165) is 39.7 Å². The first-order chi connectivity index (χ1) is 14.7. The van der Waals surface area contributed by atoms with Crippen molar-refractivity contribution in [3.05, 3.63) is 72.6 Å². The Kier molecular flexibility index (Phi) is 5.39. The molecule has 0 atom stereocenters. The molecule has 0 aliphatic carbocycles. The van der Waals surface area contributed by atoms with E-state index in [0.29, 0.717) is 11.6 Å². The molecule has 152 valence electrons. The van der Waals surface area contributed by atoms with Crippen LogP contribution in [0.15, 0.2) is 66.7 Å². The number of benzene rings is 3. The van der Waals surface area contributed by atoms with Crippen LogP contribution in [0.25, 0.3) is 28.2 Å². The topological polar surface area (TPSA) is 58.4 Å². The van der Waals surface area contributed by atoms with Crippen molar-refractivity contribution in [3.63, 3.8) is 0 Å². The number of methoxy groups -OCH3 is 3. The maximum atomic E-state index is 5.73. The minimum atomic E-state index is 0.709. The zero-order valence-electron chi connectivity index (χ0n) is 17.4. The van der Waals surface area contributed by atoms with Gasteiger partial charge in [0.15, 0.2) is 5.82 Å². The zero-order chi connectivity index (χ0) is 21.1. The third-order valence-corrected chi connectivity index (χ3v) is 5.02. The molecule has 4 rings (SSSR count). The fourth-order valence-corrected chi connectivity index (χ4v) is 3.50. The van der Waals surface area contributed by atoms with Crippen molar-refractivity contribution in [2.24, 2.45) is 0 Å². The molecule has 0 saturated heterocycles. The van der Waals surface area contributed by atoms with E-state index in [1.807, 2.05) is 78.2 Å². The number of rotatable bonds is 6. The van der Waals surface area contributed by atoms with Crippen LogP contribution in [0.2, 0.25) is 0 Å². The number of nitrogens with zero attached hydrogens (tertiary/aromatic N) is 3. The molecule has 1 heterocycles. The summed E-state index contributed by atoms with van der Waals surface area (Å²) >= 11 is 0. The van der Waals surface area contributed by atoms with Crippen LogP contribution in [0.4, 0.5) is 0 Å². The molecule has 6 nitrogen and oxygen atoms in total. The summed E-state index contributed by atoms with van der Waals surface area (Å²) in [5.41, 5.74) is 3.80. The van der Waals surface area contributed by atoms with Gasteiger partial charge in [0.25, 0.3) is 0 Å². The number of hydrogen-bond donors (Lipinski definition) is 0. The van der Waals surface area contributed by atoms with Gasteiger partial charge in [-0.1, -0.05) is 24.3 Å². The lowest BCUT2D eigenvalue weighted by atomic mass is 10.0. The van der Waals surface area contributed by atoms with Gasteiger partial charge in [-0.05, 0) is 55.0 Å². The van der Waals surface area contributed by atoms with Crippen molar-refractivity contribution in [1.82, 2.24) is 14.8 Å². The molecule has 0 fully saturated rings. The second kappa shape index (κ2) is 8.29. The van der Waals surface area contributed by atoms with Gasteiger partial charge in [-0.25, -0.2) is 0 Å². The second-order valence-electron chi connectivity index (χ2n) is 6.72. The molecule has 0 bridgehead atoms. The Balaban J connectivity index is 1.82. The Morgan fingerprint density at radius 3 is 2.13 bits per heavy atom. The van der Waals surface area contributed by atoms with Crippen molar-refractivity contribution in [2.45, 2.75) is 6.92 Å². The first kappa shape index (κ1) is 19.5. The fourth-order valence-electron chi connectivity index (χ4n) is 3.50. The largest absolute Gasteiger partial charge is 0.497 e. The normalized spacial score (nSPS) is 10.7. The summed E-state index contributed by atoms with van der Waals surface area (Å²) in [6.07, 6.45) is 0. The molecule has 3 aromatic carbocycles. The third kappa shape index (κ3) is 3.48. The zero-order valence-corrected chi connectivity index (χ0v) is 17.4. The summed E-state index contributed by atoms with van der Waals surface area (Å²) in [5, 5.41) is 8.73. The van der Waals surface area contributed by atoms with Gasteiger partial charge in [-0.3, -0.25) is 4.57 Å². The lowest BCUT2D eigenvalue weighted by Gasteiger charge is -2.14. The molecule has 0 aliphatic heterocycles. The van der Waals surface area contributed by atoms with Crippen LogP contribution in [0.5, 0.6) is 17.2 Å². The van der Waals surface area contributed by atoms with Gasteiger partial charge in [0, 0.05) is 11.3 Å². The average Bonchev–Trinajstić information content (AvgIpc) is 3.19. The van der Waals surface area contributed by atoms with Crippen LogP contribution in [0.3, 0.4) is 0 Å². The van der Waals surface area contributed by atoms with Gasteiger partial charge in [-0.15, -0.1) is 10.2 Å². The molecule has 0 N–H and O–H groups in total. The molecule has 30 heavy (non-hydrogen) atoms. The maximum absolute atomic E-state index is 5.73. The maximum Gasteiger partial charge on any atom is 0.172 e. The molecule has 0 aliphatic rings. The molecule has 0 unspecified atom stereocenters. The molecule has 0 saturated carbocycles. The molecule has 1 aromatic heterocycles. The number of ether oxygens (including phenoxy) is 3. The van der Waals surface area contributed by atoms with Crippen LogP contribution in [-0.2, 0) is 0 Å². The monoisotopic (exact) mass is 401 g/mol. The first-order valence-electron chi connectivity index (χ1n) is 9.54. The molecule has 0 radical (unpaired) electrons. The Morgan fingerprint density at radius 2 is 1.43 bits per heavy atom. The highest BCUT2D eigenvalue weighted by Gasteiger charge is 2.18. The number of para-hydroxylation sites is 1. The second-order valence-corrected chi connectivity index (χ2v) is 6.72. The predicted octanol–water partition coefficient (Wildman–Crippen LogP) is 4.94. The van der Waals surface area contributed by atoms with E-state index < -0.39 is 0 Å². The molecule has 4 aromatic rings. The summed E-state index contributed by atoms with van der Waals surface area (Å²) in [7, 11) is 4.98. The van der Waals surface area contributed by atoms with Crippen LogP contribution in [0, 0.1) is 6.92 Å². The van der Waals surface area contributed by atoms with Gasteiger partial charge in [-0.2, -0.15) is 0 Å². The fraction of sp³-hybridized carbons (Fsp3) is 0.167. The van der Waals surface area contributed by atoms with Crippen LogP contribution in [0.1, 0.15) is 5.82 Å². The standard InChI is InChI=1S/C24H23N3O3/c1-16-25-26-24(27(16)18-10-12-19(28-2)13-11-18)21-14-9-17(15-23(21)30-4)20-7-5-6-8-22(20)29-3/h5-15H,1-4H3. The smallest absolute Gasteiger partial charge is 0.172 e. The van der Waals surface area contributed by atoms with Gasteiger partial charge in [0.2, 0.25) is 0 Å². The number of hydrogen-bond acceptors (Lipinski definition) is 5. The molecule has 0 amide bonds. The van der Waals surface area contributed by atoms with Gasteiger partial charge >= 0.3 is 0 Å². The van der Waals surface area contributed by atoms with Gasteiger partial charge < -0.3 is 14.2 Å². The SMILES string of the molecule is COc1ccc(-n2c(C)nnc2-c2ccc(-c3ccccc3OC)cc2OC)cc1. The number of aromatic nitrogens is 3. The predicted molar refractivity (Wildman–Crippen MR) is 117 cm³/mol. The summed E-state index contributed by atoms with van der Waals surface area (Å²) in [4.78, 5) is 0. The Bertz CT molecular complexity index is 1170. The van der Waals surface area contributed by atoms with Crippen molar-refractivity contribution < 1.29 is 14.2 Å². The lowest BCUT2D eigenvalue weighted by Crippen LogP contribution is -2.01. The van der Waals surface area contributed by atoms with E-state index in [9.17, 15) is 0 Å². The lowest BCUT2D eigenvalue weighted by molar-refractivity contribution is 0.414. The minimum Gasteiger partial charge on any atom is -0.497 e. The van der Waals surface area contributed by atoms with Crippen LogP contribution >= 0.6 is 0 Å². The number of aryl methyl sites for hydroxylation is 1. The Hall–Kier alpha value is -3.80. The summed E-state index contributed by atoms with van der Waals surface area (Å²) in [5.74, 6) is 3.81. The quantitative estimate of drug-likeness (QED) is 0.458. The highest BCUT2D eigenvalue weighted by molar-refractivity contribution is 5.77. The Labute approximate surface area is 175 Å². The van der Waals surface area contributed by atoms with Crippen LogP contribution < -0.4 is 14.2 Å². The van der Waals surface area contributed by atoms with Crippen LogP contribution in [-0.4, -0.2) is 36.1 Å². The average molecular weight is 401 g/mol. The highest BCUT2D eigenvalue weighted by Crippen LogP contribution is 2.37. The molecular formula is C24H23N3O3. The first-order valence-corrected chi connectivity index (χ1v) is 9.54. The van der Waals surface area contributed by atoms with Crippen molar-refractivity contribution in [1.29, 1.82) is 0 Å². The van der Waals surface area contributed by atoms with E-state index in [2.05, 4.69) is 10.2 Å². The molecule has 6 heteroatoms. The van der Waals surface area contributed by atoms with E-state index >= 15 is 0 Å². The Morgan fingerprint density at radius 1 is 0.700 bits per heavy atom. The third-order valence-electron chi connectivity index (χ3n) is 5.02. The minimum absolute atomic E-state index is 0.709. The van der Waals surface area contributed by atoms with E-state index in [4.69, 9.17) is 14.2 Å². The van der Waals surface area contributed by atoms with Crippen molar-refractivity contribution in [2.75, 3.05) is 21.3 Å². The molecular weight excluding hydrogens is 378 g/mol. The van der Waals surface area contributed by atoms with Crippen molar-refractivity contribution >= 4 is 0 Å². The molecule has 0 spiro atoms. The van der Waals surface area contributed by atoms with E-state index in [1.165, 1.54) is 0 Å².